The average Bonchev–Trinajstić information content (AvgIpc) is 2.72. The van der Waals surface area contributed by atoms with Crippen molar-refractivity contribution in [1.82, 2.24) is 0 Å². The standard InChI is InChI=1S/C7H9N3/c8-5-6-1-3-7(4-2-6)9-10-7/h6H,1-4H2. The molecule has 1 fully saturated rings. The third-order valence-corrected chi connectivity index (χ3v) is 2.35. The third kappa shape index (κ3) is 0.804. The Balaban J connectivity index is 1.91. The molecule has 0 atom stereocenters. The molecule has 0 aromatic carbocycles. The number of nitriles is 1. The maximum Gasteiger partial charge on any atom is 0.191 e. The van der Waals surface area contributed by atoms with Crippen molar-refractivity contribution in [1.29, 1.82) is 5.26 Å². The van der Waals surface area contributed by atoms with Gasteiger partial charge in [-0.05, 0) is 25.7 Å². The Morgan fingerprint density at radius 2 is 1.90 bits per heavy atom. The highest BCUT2D eigenvalue weighted by atomic mass is 15.4. The molecule has 1 saturated carbocycles. The Labute approximate surface area is 59.8 Å². The lowest BCUT2D eigenvalue weighted by molar-refractivity contribution is 0.345. The van der Waals surface area contributed by atoms with Crippen molar-refractivity contribution < 1.29 is 0 Å². The summed E-state index contributed by atoms with van der Waals surface area (Å²) in [6, 6.07) is 2.29. The van der Waals surface area contributed by atoms with Gasteiger partial charge in [0.25, 0.3) is 0 Å². The van der Waals surface area contributed by atoms with Crippen LogP contribution in [0.2, 0.25) is 0 Å². The summed E-state index contributed by atoms with van der Waals surface area (Å²) in [5, 5.41) is 16.5. The van der Waals surface area contributed by atoms with Crippen LogP contribution in [0.5, 0.6) is 0 Å². The summed E-state index contributed by atoms with van der Waals surface area (Å²) in [6.07, 6.45) is 3.99. The Kier molecular flexibility index (Phi) is 1.04. The smallest absolute Gasteiger partial charge is 0.191 e. The first-order chi connectivity index (χ1) is 4.85. The maximum atomic E-state index is 8.57. The summed E-state index contributed by atoms with van der Waals surface area (Å²) >= 11 is 0. The Morgan fingerprint density at radius 3 is 2.30 bits per heavy atom. The van der Waals surface area contributed by atoms with E-state index in [1.807, 2.05) is 0 Å². The van der Waals surface area contributed by atoms with Crippen LogP contribution in [0.15, 0.2) is 10.2 Å². The topological polar surface area (TPSA) is 48.5 Å². The molecule has 1 aliphatic carbocycles. The van der Waals surface area contributed by atoms with Crippen LogP contribution in [0, 0.1) is 17.2 Å². The van der Waals surface area contributed by atoms with Crippen LogP contribution in [-0.4, -0.2) is 5.66 Å². The van der Waals surface area contributed by atoms with Gasteiger partial charge in [-0.15, -0.1) is 0 Å². The lowest BCUT2D eigenvalue weighted by Crippen LogP contribution is -2.20. The van der Waals surface area contributed by atoms with Gasteiger partial charge in [0.05, 0.1) is 6.07 Å². The van der Waals surface area contributed by atoms with E-state index in [0.29, 0.717) is 0 Å². The molecule has 3 heteroatoms. The number of rotatable bonds is 0. The molecular formula is C7H9N3. The summed E-state index contributed by atoms with van der Waals surface area (Å²) in [7, 11) is 0. The van der Waals surface area contributed by atoms with Crippen LogP contribution >= 0.6 is 0 Å². The normalized spacial score (nSPS) is 28.3. The Bertz CT molecular complexity index is 197. The van der Waals surface area contributed by atoms with E-state index >= 15 is 0 Å². The summed E-state index contributed by atoms with van der Waals surface area (Å²) in [5.41, 5.74) is 0.00729. The minimum atomic E-state index is 0.00729. The van der Waals surface area contributed by atoms with Gasteiger partial charge < -0.3 is 0 Å². The summed E-state index contributed by atoms with van der Waals surface area (Å²) < 4.78 is 0. The molecule has 0 bridgehead atoms. The van der Waals surface area contributed by atoms with Crippen LogP contribution < -0.4 is 0 Å². The van der Waals surface area contributed by atoms with Gasteiger partial charge in [0.15, 0.2) is 5.66 Å². The summed E-state index contributed by atoms with van der Waals surface area (Å²) in [5.74, 6) is 0.275. The van der Waals surface area contributed by atoms with Gasteiger partial charge in [-0.3, -0.25) is 0 Å². The molecule has 1 spiro atoms. The van der Waals surface area contributed by atoms with Crippen molar-refractivity contribution in [3.63, 3.8) is 0 Å². The molecule has 1 heterocycles. The van der Waals surface area contributed by atoms with E-state index < -0.39 is 0 Å². The lowest BCUT2D eigenvalue weighted by atomic mass is 9.85. The van der Waals surface area contributed by atoms with E-state index in [9.17, 15) is 0 Å². The monoisotopic (exact) mass is 135 g/mol. The zero-order valence-electron chi connectivity index (χ0n) is 5.75. The molecule has 3 nitrogen and oxygen atoms in total. The first-order valence-electron chi connectivity index (χ1n) is 3.68. The van der Waals surface area contributed by atoms with Gasteiger partial charge in [-0.2, -0.15) is 15.5 Å². The van der Waals surface area contributed by atoms with Crippen molar-refractivity contribution in [3.8, 4) is 6.07 Å². The highest BCUT2D eigenvalue weighted by Gasteiger charge is 2.43. The first kappa shape index (κ1) is 5.84. The minimum Gasteiger partial charge on any atom is -0.198 e. The van der Waals surface area contributed by atoms with Crippen molar-refractivity contribution in [2.75, 3.05) is 0 Å². The third-order valence-electron chi connectivity index (χ3n) is 2.35. The average molecular weight is 135 g/mol. The molecule has 10 heavy (non-hydrogen) atoms. The van der Waals surface area contributed by atoms with Crippen LogP contribution in [0.3, 0.4) is 0 Å². The van der Waals surface area contributed by atoms with Crippen LogP contribution in [0.25, 0.3) is 0 Å². The molecule has 0 radical (unpaired) electrons. The van der Waals surface area contributed by atoms with Crippen LogP contribution in [0.4, 0.5) is 0 Å². The van der Waals surface area contributed by atoms with Crippen LogP contribution in [-0.2, 0) is 0 Å². The van der Waals surface area contributed by atoms with E-state index in [0.717, 1.165) is 25.7 Å². The van der Waals surface area contributed by atoms with E-state index in [1.54, 1.807) is 0 Å². The molecule has 1 aliphatic heterocycles. The van der Waals surface area contributed by atoms with E-state index in [2.05, 4.69) is 16.3 Å². The molecule has 52 valence electrons. The fourth-order valence-corrected chi connectivity index (χ4v) is 1.48. The predicted molar refractivity (Wildman–Crippen MR) is 35.2 cm³/mol. The summed E-state index contributed by atoms with van der Waals surface area (Å²) in [4.78, 5) is 0. The molecule has 0 aromatic rings. The fraction of sp³-hybridized carbons (Fsp3) is 0.857. The second-order valence-electron chi connectivity index (χ2n) is 3.09. The van der Waals surface area contributed by atoms with Gasteiger partial charge >= 0.3 is 0 Å². The van der Waals surface area contributed by atoms with Crippen molar-refractivity contribution in [3.05, 3.63) is 0 Å². The molecule has 0 N–H and O–H groups in total. The predicted octanol–water partition coefficient (Wildman–Crippen LogP) is 1.86. The second-order valence-corrected chi connectivity index (χ2v) is 3.09. The van der Waals surface area contributed by atoms with Crippen molar-refractivity contribution >= 4 is 0 Å². The zero-order chi connectivity index (χ0) is 7.03. The van der Waals surface area contributed by atoms with E-state index in [4.69, 9.17) is 5.26 Å². The van der Waals surface area contributed by atoms with Crippen molar-refractivity contribution in [2.45, 2.75) is 31.3 Å². The van der Waals surface area contributed by atoms with Gasteiger partial charge in [0.2, 0.25) is 0 Å². The van der Waals surface area contributed by atoms with E-state index in [1.165, 1.54) is 0 Å². The van der Waals surface area contributed by atoms with Gasteiger partial charge in [0, 0.05) is 5.92 Å². The molecule has 2 rings (SSSR count). The van der Waals surface area contributed by atoms with Gasteiger partial charge in [-0.1, -0.05) is 0 Å². The maximum absolute atomic E-state index is 8.57. The fourth-order valence-electron chi connectivity index (χ4n) is 1.48. The number of hydrogen-bond acceptors (Lipinski definition) is 3. The SMILES string of the molecule is N#CC1CCC2(CC1)N=N2. The lowest BCUT2D eigenvalue weighted by Gasteiger charge is -2.19. The quantitative estimate of drug-likeness (QED) is 0.500. The zero-order valence-corrected chi connectivity index (χ0v) is 5.75. The Hall–Kier alpha value is -0.910. The molecule has 0 unspecified atom stereocenters. The molecule has 0 saturated heterocycles. The van der Waals surface area contributed by atoms with Crippen molar-refractivity contribution in [2.24, 2.45) is 16.1 Å². The van der Waals surface area contributed by atoms with Gasteiger partial charge in [-0.25, -0.2) is 0 Å². The molecule has 0 aromatic heterocycles. The highest BCUT2D eigenvalue weighted by molar-refractivity contribution is 5.00. The first-order valence-corrected chi connectivity index (χ1v) is 3.68. The molecule has 0 amide bonds. The molecular weight excluding hydrogens is 126 g/mol. The summed E-state index contributed by atoms with van der Waals surface area (Å²) in [6.45, 7) is 0. The number of hydrogen-bond donors (Lipinski definition) is 0. The highest BCUT2D eigenvalue weighted by Crippen LogP contribution is 2.43. The van der Waals surface area contributed by atoms with E-state index in [-0.39, 0.29) is 11.6 Å². The van der Waals surface area contributed by atoms with Gasteiger partial charge in [0.1, 0.15) is 0 Å². The Morgan fingerprint density at radius 1 is 1.30 bits per heavy atom. The number of nitrogens with zero attached hydrogens (tertiary/aromatic N) is 3. The minimum absolute atomic E-state index is 0.00729. The van der Waals surface area contributed by atoms with Crippen LogP contribution in [0.1, 0.15) is 25.7 Å². The second kappa shape index (κ2) is 1.79. The largest absolute Gasteiger partial charge is 0.198 e. The molecule has 2 aliphatic rings.